The predicted molar refractivity (Wildman–Crippen MR) is 108 cm³/mol. The second-order valence-corrected chi connectivity index (χ2v) is 8.53. The number of rotatable bonds is 7. The molecule has 0 radical (unpaired) electrons. The summed E-state index contributed by atoms with van der Waals surface area (Å²) in [6.07, 6.45) is 0.611. The number of piperazine rings is 1. The second kappa shape index (κ2) is 8.61. The zero-order valence-electron chi connectivity index (χ0n) is 16.5. The van der Waals surface area contributed by atoms with Crippen LogP contribution in [0.4, 0.5) is 5.82 Å². The Hall–Kier alpha value is -1.93. The molecule has 2 heterocycles. The fourth-order valence-corrected chi connectivity index (χ4v) is 3.88. The summed E-state index contributed by atoms with van der Waals surface area (Å²) in [5.74, 6) is 2.88. The Kier molecular flexibility index (Phi) is 6.40. The largest absolute Gasteiger partial charge is 0.493 e. The van der Waals surface area contributed by atoms with E-state index < -0.39 is 7.60 Å². The topological polar surface area (TPSA) is 108 Å². The molecule has 3 rings (SSSR count). The Morgan fingerprint density at radius 1 is 1.07 bits per heavy atom. The minimum Gasteiger partial charge on any atom is -0.493 e. The molecule has 0 unspecified atom stereocenters. The van der Waals surface area contributed by atoms with Gasteiger partial charge in [-0.1, -0.05) is 6.92 Å². The first-order chi connectivity index (χ1) is 13.3. The number of nitrogens with zero attached hydrogens (tertiary/aromatic N) is 4. The smallest absolute Gasteiger partial charge is 0.326 e. The van der Waals surface area contributed by atoms with E-state index >= 15 is 0 Å². The van der Waals surface area contributed by atoms with Crippen molar-refractivity contribution in [1.29, 1.82) is 0 Å². The van der Waals surface area contributed by atoms with Crippen LogP contribution in [0.3, 0.4) is 0 Å². The molecular formula is C18H27N4O5P. The molecule has 9 nitrogen and oxygen atoms in total. The van der Waals surface area contributed by atoms with Crippen LogP contribution in [0.15, 0.2) is 12.1 Å². The van der Waals surface area contributed by atoms with Crippen molar-refractivity contribution in [3.63, 3.8) is 0 Å². The van der Waals surface area contributed by atoms with Gasteiger partial charge in [0, 0.05) is 50.6 Å². The third kappa shape index (κ3) is 4.72. The molecule has 1 aromatic heterocycles. The van der Waals surface area contributed by atoms with Gasteiger partial charge in [-0.05, 0) is 6.07 Å². The van der Waals surface area contributed by atoms with Gasteiger partial charge in [0.2, 0.25) is 0 Å². The maximum atomic E-state index is 11.1. The van der Waals surface area contributed by atoms with E-state index in [1.54, 1.807) is 14.2 Å². The van der Waals surface area contributed by atoms with Crippen LogP contribution in [0.1, 0.15) is 12.7 Å². The number of anilines is 1. The number of benzene rings is 1. The van der Waals surface area contributed by atoms with Gasteiger partial charge in [-0.2, -0.15) is 0 Å². The first kappa shape index (κ1) is 20.8. The molecule has 1 aromatic carbocycles. The zero-order valence-corrected chi connectivity index (χ0v) is 17.4. The number of aryl methyl sites for hydroxylation is 1. The van der Waals surface area contributed by atoms with Crippen LogP contribution in [-0.2, 0) is 11.0 Å². The van der Waals surface area contributed by atoms with Crippen LogP contribution < -0.4 is 14.4 Å². The average Bonchev–Trinajstić information content (AvgIpc) is 2.70. The van der Waals surface area contributed by atoms with Gasteiger partial charge >= 0.3 is 7.60 Å². The van der Waals surface area contributed by atoms with Crippen LogP contribution in [0, 0.1) is 0 Å². The normalized spacial score (nSPS) is 15.8. The van der Waals surface area contributed by atoms with Gasteiger partial charge < -0.3 is 24.2 Å². The molecule has 0 amide bonds. The van der Waals surface area contributed by atoms with Crippen LogP contribution >= 0.6 is 7.60 Å². The molecule has 0 aliphatic carbocycles. The molecule has 1 aliphatic heterocycles. The van der Waals surface area contributed by atoms with E-state index in [1.807, 2.05) is 19.1 Å². The summed E-state index contributed by atoms with van der Waals surface area (Å²) in [4.78, 5) is 31.8. The van der Waals surface area contributed by atoms with Crippen LogP contribution in [-0.4, -0.2) is 77.8 Å². The molecule has 0 bridgehead atoms. The second-order valence-electron chi connectivity index (χ2n) is 6.76. The first-order valence-corrected chi connectivity index (χ1v) is 11.1. The lowest BCUT2D eigenvalue weighted by Gasteiger charge is -2.36. The molecule has 0 atom stereocenters. The van der Waals surface area contributed by atoms with Crippen molar-refractivity contribution in [1.82, 2.24) is 14.9 Å². The highest BCUT2D eigenvalue weighted by Crippen LogP contribution is 2.36. The number of methoxy groups -OCH3 is 2. The van der Waals surface area contributed by atoms with E-state index in [1.165, 1.54) is 0 Å². The number of ether oxygens (including phenoxy) is 2. The fourth-order valence-electron chi connectivity index (χ4n) is 3.34. The third-order valence-corrected chi connectivity index (χ3v) is 5.71. The summed E-state index contributed by atoms with van der Waals surface area (Å²) < 4.78 is 22.0. The van der Waals surface area contributed by atoms with Crippen molar-refractivity contribution in [2.75, 3.05) is 58.0 Å². The van der Waals surface area contributed by atoms with E-state index in [0.29, 0.717) is 18.0 Å². The van der Waals surface area contributed by atoms with E-state index in [4.69, 9.17) is 24.2 Å². The zero-order chi connectivity index (χ0) is 20.3. The van der Waals surface area contributed by atoms with E-state index in [2.05, 4.69) is 14.8 Å². The average molecular weight is 410 g/mol. The summed E-state index contributed by atoms with van der Waals surface area (Å²) >= 11 is 0. The molecule has 1 saturated heterocycles. The van der Waals surface area contributed by atoms with Crippen molar-refractivity contribution >= 4 is 24.3 Å². The lowest BCUT2D eigenvalue weighted by Crippen LogP contribution is -2.47. The molecular weight excluding hydrogens is 383 g/mol. The molecule has 1 aliphatic rings. The highest BCUT2D eigenvalue weighted by atomic mass is 31.2. The van der Waals surface area contributed by atoms with Gasteiger partial charge in [0.25, 0.3) is 0 Å². The maximum absolute atomic E-state index is 11.1. The van der Waals surface area contributed by atoms with Crippen molar-refractivity contribution in [3.8, 4) is 11.5 Å². The van der Waals surface area contributed by atoms with Gasteiger partial charge in [0.15, 0.2) is 11.5 Å². The molecule has 1 fully saturated rings. The van der Waals surface area contributed by atoms with Crippen molar-refractivity contribution < 1.29 is 23.8 Å². The molecule has 28 heavy (non-hydrogen) atoms. The van der Waals surface area contributed by atoms with Crippen LogP contribution in [0.5, 0.6) is 11.5 Å². The highest BCUT2D eigenvalue weighted by molar-refractivity contribution is 7.51. The van der Waals surface area contributed by atoms with Crippen molar-refractivity contribution in [3.05, 3.63) is 18.0 Å². The Morgan fingerprint density at radius 3 is 2.29 bits per heavy atom. The lowest BCUT2D eigenvalue weighted by atomic mass is 10.1. The quantitative estimate of drug-likeness (QED) is 0.657. The summed E-state index contributed by atoms with van der Waals surface area (Å²) in [6.45, 7) is 5.32. The van der Waals surface area contributed by atoms with Gasteiger partial charge in [-0.25, -0.2) is 9.97 Å². The highest BCUT2D eigenvalue weighted by Gasteiger charge is 2.23. The van der Waals surface area contributed by atoms with Crippen LogP contribution in [0.25, 0.3) is 10.9 Å². The summed E-state index contributed by atoms with van der Waals surface area (Å²) in [5.41, 5.74) is 0.809. The molecule has 0 saturated carbocycles. The Balaban J connectivity index is 1.87. The standard InChI is InChI=1S/C18H27N4O5P/c1-4-17-19-14-12-16(27-3)15(26-2)11-13(14)18(20-17)22-7-5-21(6-8-22)9-10-28(23,24)25/h11-12H,4-10H2,1-3H3,(H2,23,24,25). The van der Waals surface area contributed by atoms with Gasteiger partial charge in [0.1, 0.15) is 11.6 Å². The molecule has 0 spiro atoms. The van der Waals surface area contributed by atoms with E-state index in [0.717, 1.165) is 55.1 Å². The lowest BCUT2D eigenvalue weighted by molar-refractivity contribution is 0.264. The van der Waals surface area contributed by atoms with Gasteiger partial charge in [0.05, 0.1) is 25.9 Å². The van der Waals surface area contributed by atoms with E-state index in [9.17, 15) is 4.57 Å². The van der Waals surface area contributed by atoms with Crippen molar-refractivity contribution in [2.24, 2.45) is 0 Å². The van der Waals surface area contributed by atoms with Crippen LogP contribution in [0.2, 0.25) is 0 Å². The van der Waals surface area contributed by atoms with Gasteiger partial charge in [-0.3, -0.25) is 9.46 Å². The minimum absolute atomic E-state index is 0.111. The minimum atomic E-state index is -3.97. The molecule has 154 valence electrons. The Bertz CT molecular complexity index is 880. The number of aromatic nitrogens is 2. The third-order valence-electron chi connectivity index (χ3n) is 4.92. The monoisotopic (exact) mass is 410 g/mol. The summed E-state index contributed by atoms with van der Waals surface area (Å²) in [6, 6.07) is 3.78. The SMILES string of the molecule is CCc1nc(N2CCN(CCP(=O)(O)O)CC2)c2cc(OC)c(OC)cc2n1. The van der Waals surface area contributed by atoms with E-state index in [-0.39, 0.29) is 6.16 Å². The maximum Gasteiger partial charge on any atom is 0.326 e. The molecule has 2 N–H and O–H groups in total. The predicted octanol–water partition coefficient (Wildman–Crippen LogP) is 1.51. The number of hydrogen-bond donors (Lipinski definition) is 2. The Morgan fingerprint density at radius 2 is 1.71 bits per heavy atom. The first-order valence-electron chi connectivity index (χ1n) is 9.29. The Labute approximate surface area is 164 Å². The van der Waals surface area contributed by atoms with Gasteiger partial charge in [-0.15, -0.1) is 0 Å². The van der Waals surface area contributed by atoms with Crippen molar-refractivity contribution in [2.45, 2.75) is 13.3 Å². The number of fused-ring (bicyclic) bond motifs is 1. The number of hydrogen-bond acceptors (Lipinski definition) is 7. The fraction of sp³-hybridized carbons (Fsp3) is 0.556. The molecule has 2 aromatic rings. The summed E-state index contributed by atoms with van der Waals surface area (Å²) in [7, 11) is -0.765. The molecule has 10 heteroatoms. The summed E-state index contributed by atoms with van der Waals surface area (Å²) in [5, 5.41) is 0.901.